The van der Waals surface area contributed by atoms with Crippen LogP contribution in [0.4, 0.5) is 0 Å². The van der Waals surface area contributed by atoms with Crippen molar-refractivity contribution < 1.29 is 4.79 Å². The van der Waals surface area contributed by atoms with Crippen LogP contribution in [0.2, 0.25) is 0 Å². The van der Waals surface area contributed by atoms with Crippen molar-refractivity contribution in [2.45, 2.75) is 13.3 Å². The van der Waals surface area contributed by atoms with Gasteiger partial charge in [0.2, 0.25) is 0 Å². The molecule has 2 aromatic heterocycles. The van der Waals surface area contributed by atoms with Gasteiger partial charge in [-0.1, -0.05) is 6.07 Å². The Morgan fingerprint density at radius 3 is 2.88 bits per heavy atom. The first-order valence-electron chi connectivity index (χ1n) is 5.10. The first-order chi connectivity index (χ1) is 7.79. The Balaban J connectivity index is 2.31. The second kappa shape index (κ2) is 4.66. The van der Waals surface area contributed by atoms with Gasteiger partial charge in [0.25, 0.3) is 0 Å². The molecule has 0 amide bonds. The van der Waals surface area contributed by atoms with E-state index in [0.29, 0.717) is 12.0 Å². The summed E-state index contributed by atoms with van der Waals surface area (Å²) in [4.78, 5) is 19.4. The molecule has 0 radical (unpaired) electrons. The van der Waals surface area contributed by atoms with E-state index in [0.717, 1.165) is 23.2 Å². The molecule has 0 atom stereocenters. The number of carbonyl (C=O) groups is 1. The van der Waals surface area contributed by atoms with E-state index < -0.39 is 0 Å². The summed E-state index contributed by atoms with van der Waals surface area (Å²) >= 11 is 0. The first-order valence-corrected chi connectivity index (χ1v) is 5.10. The molecule has 0 saturated carbocycles. The van der Waals surface area contributed by atoms with Crippen LogP contribution in [-0.4, -0.2) is 16.3 Å². The minimum absolute atomic E-state index is 0.592. The molecule has 0 spiro atoms. The molecule has 0 fully saturated rings. The van der Waals surface area contributed by atoms with Gasteiger partial charge >= 0.3 is 0 Å². The molecule has 3 heteroatoms. The fourth-order valence-electron chi connectivity index (χ4n) is 1.54. The summed E-state index contributed by atoms with van der Waals surface area (Å²) in [5.74, 6) is 0. The van der Waals surface area contributed by atoms with Crippen LogP contribution in [0.15, 0.2) is 36.7 Å². The lowest BCUT2D eigenvalue weighted by Crippen LogP contribution is -2.00. The standard InChI is InChI=1S/C13H12N2O/c1-10-6-11(9-16)13(15-8-10)7-12-4-2-3-5-14-12/h2-6,8-9H,7H2,1H3. The fourth-order valence-corrected chi connectivity index (χ4v) is 1.54. The van der Waals surface area contributed by atoms with E-state index in [1.807, 2.05) is 31.2 Å². The molecular formula is C13H12N2O. The number of hydrogen-bond donors (Lipinski definition) is 0. The smallest absolute Gasteiger partial charge is 0.151 e. The van der Waals surface area contributed by atoms with Crippen molar-refractivity contribution >= 4 is 6.29 Å². The van der Waals surface area contributed by atoms with Gasteiger partial charge in [0.1, 0.15) is 0 Å². The lowest BCUT2D eigenvalue weighted by atomic mass is 10.1. The Bertz CT molecular complexity index is 495. The highest BCUT2D eigenvalue weighted by atomic mass is 16.1. The van der Waals surface area contributed by atoms with Gasteiger partial charge < -0.3 is 0 Å². The maximum absolute atomic E-state index is 10.9. The molecule has 0 N–H and O–H groups in total. The summed E-state index contributed by atoms with van der Waals surface area (Å²) in [7, 11) is 0. The Morgan fingerprint density at radius 1 is 1.31 bits per heavy atom. The van der Waals surface area contributed by atoms with Crippen LogP contribution >= 0.6 is 0 Å². The number of aldehydes is 1. The molecule has 3 nitrogen and oxygen atoms in total. The van der Waals surface area contributed by atoms with Gasteiger partial charge in [-0.05, 0) is 30.7 Å². The lowest BCUT2D eigenvalue weighted by molar-refractivity contribution is 0.112. The van der Waals surface area contributed by atoms with Crippen molar-refractivity contribution in [2.75, 3.05) is 0 Å². The van der Waals surface area contributed by atoms with Crippen molar-refractivity contribution in [3.63, 3.8) is 0 Å². The van der Waals surface area contributed by atoms with Crippen molar-refractivity contribution in [3.8, 4) is 0 Å². The molecule has 2 aromatic rings. The summed E-state index contributed by atoms with van der Waals surface area (Å²) < 4.78 is 0. The summed E-state index contributed by atoms with van der Waals surface area (Å²) in [6.07, 6.45) is 4.95. The van der Waals surface area contributed by atoms with Gasteiger partial charge in [-0.2, -0.15) is 0 Å². The number of carbonyl (C=O) groups excluding carboxylic acids is 1. The van der Waals surface area contributed by atoms with Crippen LogP contribution in [0.3, 0.4) is 0 Å². The molecule has 0 unspecified atom stereocenters. The molecule has 80 valence electrons. The van der Waals surface area contributed by atoms with Gasteiger partial charge in [-0.3, -0.25) is 14.8 Å². The molecule has 16 heavy (non-hydrogen) atoms. The highest BCUT2D eigenvalue weighted by Crippen LogP contribution is 2.10. The fraction of sp³-hybridized carbons (Fsp3) is 0.154. The summed E-state index contributed by atoms with van der Waals surface area (Å²) in [5, 5.41) is 0. The Morgan fingerprint density at radius 2 is 2.19 bits per heavy atom. The van der Waals surface area contributed by atoms with Crippen LogP contribution in [-0.2, 0) is 6.42 Å². The van der Waals surface area contributed by atoms with Crippen LogP contribution in [0, 0.1) is 6.92 Å². The monoisotopic (exact) mass is 212 g/mol. The average molecular weight is 212 g/mol. The number of pyridine rings is 2. The van der Waals surface area contributed by atoms with Crippen molar-refractivity contribution in [3.05, 3.63) is 59.2 Å². The molecule has 0 aliphatic rings. The second-order valence-electron chi connectivity index (χ2n) is 3.66. The maximum Gasteiger partial charge on any atom is 0.151 e. The Labute approximate surface area is 94.2 Å². The van der Waals surface area contributed by atoms with Gasteiger partial charge in [0.05, 0.1) is 5.69 Å². The molecule has 0 aliphatic heterocycles. The highest BCUT2D eigenvalue weighted by molar-refractivity contribution is 5.76. The number of rotatable bonds is 3. The van der Waals surface area contributed by atoms with Crippen LogP contribution in [0.1, 0.15) is 27.3 Å². The van der Waals surface area contributed by atoms with Gasteiger partial charge in [-0.25, -0.2) is 0 Å². The first kappa shape index (κ1) is 10.5. The maximum atomic E-state index is 10.9. The van der Waals surface area contributed by atoms with Gasteiger partial charge in [0, 0.05) is 30.1 Å². The third-order valence-corrected chi connectivity index (χ3v) is 2.34. The number of hydrogen-bond acceptors (Lipinski definition) is 3. The predicted molar refractivity (Wildman–Crippen MR) is 61.4 cm³/mol. The Hall–Kier alpha value is -2.03. The summed E-state index contributed by atoms with van der Waals surface area (Å²) in [6.45, 7) is 1.92. The van der Waals surface area contributed by atoms with Crippen molar-refractivity contribution in [1.29, 1.82) is 0 Å². The van der Waals surface area contributed by atoms with Crippen LogP contribution < -0.4 is 0 Å². The van der Waals surface area contributed by atoms with Crippen LogP contribution in [0.5, 0.6) is 0 Å². The summed E-state index contributed by atoms with van der Waals surface area (Å²) in [5.41, 5.74) is 3.33. The van der Waals surface area contributed by atoms with Gasteiger partial charge in [-0.15, -0.1) is 0 Å². The van der Waals surface area contributed by atoms with E-state index >= 15 is 0 Å². The molecule has 0 aromatic carbocycles. The van der Waals surface area contributed by atoms with E-state index in [9.17, 15) is 4.79 Å². The van der Waals surface area contributed by atoms with Crippen LogP contribution in [0.25, 0.3) is 0 Å². The molecule has 2 rings (SSSR count). The van der Waals surface area contributed by atoms with E-state index in [4.69, 9.17) is 0 Å². The second-order valence-corrected chi connectivity index (χ2v) is 3.66. The molecular weight excluding hydrogens is 200 g/mol. The van der Waals surface area contributed by atoms with Crippen molar-refractivity contribution in [2.24, 2.45) is 0 Å². The molecule has 2 heterocycles. The van der Waals surface area contributed by atoms with E-state index in [1.165, 1.54) is 0 Å². The zero-order valence-electron chi connectivity index (χ0n) is 9.05. The minimum Gasteiger partial charge on any atom is -0.298 e. The zero-order valence-corrected chi connectivity index (χ0v) is 9.05. The van der Waals surface area contributed by atoms with E-state index in [1.54, 1.807) is 12.4 Å². The minimum atomic E-state index is 0.592. The third-order valence-electron chi connectivity index (χ3n) is 2.34. The predicted octanol–water partition coefficient (Wildman–Crippen LogP) is 2.19. The third kappa shape index (κ3) is 2.31. The molecule has 0 bridgehead atoms. The van der Waals surface area contributed by atoms with E-state index in [-0.39, 0.29) is 0 Å². The quantitative estimate of drug-likeness (QED) is 0.732. The highest BCUT2D eigenvalue weighted by Gasteiger charge is 2.05. The largest absolute Gasteiger partial charge is 0.298 e. The Kier molecular flexibility index (Phi) is 3.05. The number of aryl methyl sites for hydroxylation is 1. The van der Waals surface area contributed by atoms with Gasteiger partial charge in [0.15, 0.2) is 6.29 Å². The SMILES string of the molecule is Cc1cnc(Cc2ccccn2)c(C=O)c1. The molecule has 0 aliphatic carbocycles. The topological polar surface area (TPSA) is 42.9 Å². The number of nitrogens with zero attached hydrogens (tertiary/aromatic N) is 2. The van der Waals surface area contributed by atoms with Crippen molar-refractivity contribution in [1.82, 2.24) is 9.97 Å². The normalized spacial score (nSPS) is 10.1. The van der Waals surface area contributed by atoms with E-state index in [2.05, 4.69) is 9.97 Å². The average Bonchev–Trinajstić information content (AvgIpc) is 2.33. The molecule has 0 saturated heterocycles. The zero-order chi connectivity index (χ0) is 11.4. The summed E-state index contributed by atoms with van der Waals surface area (Å²) in [6, 6.07) is 7.57. The lowest BCUT2D eigenvalue weighted by Gasteiger charge is -2.04. The number of aromatic nitrogens is 2.